The first-order valence-electron chi connectivity index (χ1n) is 11.6. The summed E-state index contributed by atoms with van der Waals surface area (Å²) in [5, 5.41) is 7.14. The maximum absolute atomic E-state index is 12.8. The molecule has 33 heavy (non-hydrogen) atoms. The van der Waals surface area contributed by atoms with Gasteiger partial charge in [-0.15, -0.1) is 0 Å². The number of hydrogen-bond acceptors (Lipinski definition) is 6. The number of nitrogens with one attached hydrogen (secondary N) is 2. The van der Waals surface area contributed by atoms with Crippen LogP contribution in [0.1, 0.15) is 66.6 Å². The summed E-state index contributed by atoms with van der Waals surface area (Å²) in [5.41, 5.74) is 1.83. The van der Waals surface area contributed by atoms with Crippen molar-refractivity contribution in [3.8, 4) is 0 Å². The Bertz CT molecular complexity index is 1120. The minimum Gasteiger partial charge on any atom is -0.443 e. The third kappa shape index (κ3) is 5.93. The summed E-state index contributed by atoms with van der Waals surface area (Å²) in [4.78, 5) is 34.4. The number of fused-ring (bicyclic) bond motifs is 1. The first-order valence-corrected chi connectivity index (χ1v) is 12.6. The zero-order chi connectivity index (χ0) is 23.2. The van der Waals surface area contributed by atoms with Gasteiger partial charge in [0.15, 0.2) is 5.16 Å². The van der Waals surface area contributed by atoms with E-state index < -0.39 is 0 Å². The number of aryl methyl sites for hydroxylation is 2. The minimum atomic E-state index is -0.258. The van der Waals surface area contributed by atoms with Crippen molar-refractivity contribution in [2.24, 2.45) is 0 Å². The Hall–Kier alpha value is -2.87. The van der Waals surface area contributed by atoms with E-state index in [-0.39, 0.29) is 23.6 Å². The highest BCUT2D eigenvalue weighted by Crippen LogP contribution is 2.31. The summed E-state index contributed by atoms with van der Waals surface area (Å²) < 4.78 is 5.81. The number of rotatable bonds is 6. The molecule has 2 aromatic heterocycles. The first-order chi connectivity index (χ1) is 16.0. The molecule has 2 N–H and O–H groups in total. The predicted molar refractivity (Wildman–Crippen MR) is 131 cm³/mol. The summed E-state index contributed by atoms with van der Waals surface area (Å²) in [7, 11) is 0. The number of hydrogen-bond donors (Lipinski definition) is 2. The lowest BCUT2D eigenvalue weighted by atomic mass is 9.97. The van der Waals surface area contributed by atoms with E-state index in [1.165, 1.54) is 43.9 Å². The van der Waals surface area contributed by atoms with Crippen LogP contribution in [-0.2, 0) is 4.79 Å². The molecule has 2 heterocycles. The lowest BCUT2D eigenvalue weighted by molar-refractivity contribution is -0.119. The lowest BCUT2D eigenvalue weighted by Crippen LogP contribution is -2.36. The monoisotopic (exact) mass is 466 g/mol. The molecule has 8 heteroatoms. The number of thioether (sulfide) groups is 1. The van der Waals surface area contributed by atoms with Gasteiger partial charge < -0.3 is 15.1 Å². The van der Waals surface area contributed by atoms with Crippen molar-refractivity contribution in [3.63, 3.8) is 0 Å². The fourth-order valence-corrected chi connectivity index (χ4v) is 4.80. The molecule has 1 aliphatic rings. The molecule has 0 aliphatic heterocycles. The molecule has 1 aliphatic carbocycles. The van der Waals surface area contributed by atoms with E-state index in [1.807, 2.05) is 32.0 Å². The molecular weight excluding hydrogens is 436 g/mol. The third-order valence-electron chi connectivity index (χ3n) is 6.08. The Morgan fingerprint density at radius 2 is 1.73 bits per heavy atom. The van der Waals surface area contributed by atoms with Crippen molar-refractivity contribution in [1.29, 1.82) is 0 Å². The van der Waals surface area contributed by atoms with Crippen molar-refractivity contribution in [1.82, 2.24) is 15.3 Å². The van der Waals surface area contributed by atoms with Crippen LogP contribution in [0.4, 0.5) is 5.82 Å². The van der Waals surface area contributed by atoms with E-state index in [0.29, 0.717) is 27.6 Å². The van der Waals surface area contributed by atoms with Gasteiger partial charge in [0.2, 0.25) is 11.6 Å². The molecule has 2 amide bonds. The molecule has 3 aromatic rings. The highest BCUT2D eigenvalue weighted by molar-refractivity contribution is 7.99. The normalized spacial score (nSPS) is 15.1. The number of carbonyl (C=O) groups is 2. The molecule has 0 atom stereocenters. The minimum absolute atomic E-state index is 0.0176. The van der Waals surface area contributed by atoms with Crippen LogP contribution in [0.15, 0.2) is 39.9 Å². The average molecular weight is 467 g/mol. The topological polar surface area (TPSA) is 97.1 Å². The molecular formula is C25H30N4O3S. The summed E-state index contributed by atoms with van der Waals surface area (Å²) in [6.45, 7) is 3.77. The average Bonchev–Trinajstić information content (AvgIpc) is 3.08. The zero-order valence-corrected chi connectivity index (χ0v) is 20.0. The van der Waals surface area contributed by atoms with E-state index in [4.69, 9.17) is 4.42 Å². The summed E-state index contributed by atoms with van der Waals surface area (Å²) in [6.07, 6.45) is 8.20. The lowest BCUT2D eigenvalue weighted by Gasteiger charge is -2.20. The Balaban J connectivity index is 1.48. The fraction of sp³-hybridized carbons (Fsp3) is 0.440. The molecule has 1 aromatic carbocycles. The van der Waals surface area contributed by atoms with Gasteiger partial charge in [-0.05, 0) is 38.8 Å². The number of benzene rings is 1. The second-order valence-electron chi connectivity index (χ2n) is 8.54. The van der Waals surface area contributed by atoms with Crippen LogP contribution in [0.3, 0.4) is 0 Å². The second kappa shape index (κ2) is 10.8. The highest BCUT2D eigenvalue weighted by Gasteiger charge is 2.20. The van der Waals surface area contributed by atoms with Crippen LogP contribution < -0.4 is 10.6 Å². The molecule has 0 spiro atoms. The molecule has 174 valence electrons. The molecule has 1 saturated carbocycles. The van der Waals surface area contributed by atoms with Gasteiger partial charge >= 0.3 is 0 Å². The van der Waals surface area contributed by atoms with Crippen LogP contribution in [-0.4, -0.2) is 33.6 Å². The fourth-order valence-electron chi connectivity index (χ4n) is 4.15. The first kappa shape index (κ1) is 23.3. The third-order valence-corrected chi connectivity index (χ3v) is 6.93. The van der Waals surface area contributed by atoms with E-state index in [2.05, 4.69) is 20.6 Å². The van der Waals surface area contributed by atoms with Crippen LogP contribution in [0.2, 0.25) is 0 Å². The molecule has 0 radical (unpaired) electrons. The zero-order valence-electron chi connectivity index (χ0n) is 19.1. The molecule has 4 rings (SSSR count). The Kier molecular flexibility index (Phi) is 7.65. The highest BCUT2D eigenvalue weighted by atomic mass is 32.2. The molecule has 7 nitrogen and oxygen atoms in total. The van der Waals surface area contributed by atoms with E-state index in [1.54, 1.807) is 12.1 Å². The van der Waals surface area contributed by atoms with Gasteiger partial charge in [0.05, 0.1) is 11.1 Å². The number of aromatic nitrogens is 2. The van der Waals surface area contributed by atoms with Crippen molar-refractivity contribution < 1.29 is 14.0 Å². The SMILES string of the molecule is Cc1oc2nc(SCC(=O)NC3CCCCCCC3)nc(NC(=O)c3ccccc3)c2c1C. The number of nitrogens with zero attached hydrogens (tertiary/aromatic N) is 2. The van der Waals surface area contributed by atoms with E-state index in [9.17, 15) is 9.59 Å². The molecule has 0 unspecified atom stereocenters. The predicted octanol–water partition coefficient (Wildman–Crippen LogP) is 5.41. The van der Waals surface area contributed by atoms with E-state index in [0.717, 1.165) is 24.2 Å². The van der Waals surface area contributed by atoms with Crippen LogP contribution >= 0.6 is 11.8 Å². The quantitative estimate of drug-likeness (QED) is 0.372. The van der Waals surface area contributed by atoms with Gasteiger partial charge in [-0.3, -0.25) is 9.59 Å². The van der Waals surface area contributed by atoms with Crippen molar-refractivity contribution in [2.45, 2.75) is 70.0 Å². The second-order valence-corrected chi connectivity index (χ2v) is 9.48. The molecule has 0 bridgehead atoms. The Morgan fingerprint density at radius 1 is 1.03 bits per heavy atom. The molecule has 1 fully saturated rings. The summed E-state index contributed by atoms with van der Waals surface area (Å²) in [6, 6.07) is 9.23. The van der Waals surface area contributed by atoms with Crippen LogP contribution in [0.25, 0.3) is 11.1 Å². The van der Waals surface area contributed by atoms with Gasteiger partial charge in [0, 0.05) is 17.2 Å². The Morgan fingerprint density at radius 3 is 2.45 bits per heavy atom. The van der Waals surface area contributed by atoms with Gasteiger partial charge in [0.25, 0.3) is 5.91 Å². The summed E-state index contributed by atoms with van der Waals surface area (Å²) in [5.74, 6) is 1.06. The number of carbonyl (C=O) groups excluding carboxylic acids is 2. The maximum Gasteiger partial charge on any atom is 0.256 e. The summed E-state index contributed by atoms with van der Waals surface area (Å²) >= 11 is 1.25. The Labute approximate surface area is 198 Å². The number of anilines is 1. The number of amides is 2. The van der Waals surface area contributed by atoms with Crippen LogP contribution in [0.5, 0.6) is 0 Å². The van der Waals surface area contributed by atoms with E-state index >= 15 is 0 Å². The standard InChI is InChI=1S/C25H30N4O3S/c1-16-17(2)32-24-21(16)22(27-23(31)18-11-7-6-8-12-18)28-25(29-24)33-15-20(30)26-19-13-9-4-3-5-10-14-19/h6-8,11-12,19H,3-5,9-10,13-15H2,1-2H3,(H,26,30)(H,27,28,29,31). The van der Waals surface area contributed by atoms with Crippen molar-refractivity contribution in [3.05, 3.63) is 47.2 Å². The maximum atomic E-state index is 12.8. The smallest absolute Gasteiger partial charge is 0.256 e. The molecule has 0 saturated heterocycles. The van der Waals surface area contributed by atoms with Gasteiger partial charge in [0.1, 0.15) is 11.6 Å². The van der Waals surface area contributed by atoms with Gasteiger partial charge in [-0.25, -0.2) is 4.98 Å². The van der Waals surface area contributed by atoms with Gasteiger partial charge in [-0.2, -0.15) is 4.98 Å². The van der Waals surface area contributed by atoms with Gasteiger partial charge in [-0.1, -0.05) is 62.1 Å². The van der Waals surface area contributed by atoms with Crippen LogP contribution in [0, 0.1) is 13.8 Å². The van der Waals surface area contributed by atoms with Crippen molar-refractivity contribution in [2.75, 3.05) is 11.1 Å². The number of furan rings is 1. The van der Waals surface area contributed by atoms with Crippen molar-refractivity contribution >= 4 is 40.5 Å². The largest absolute Gasteiger partial charge is 0.443 e.